The maximum Gasteiger partial charge on any atom is 0.149 e. The molecular weight excluding hydrogens is 363 g/mol. The Morgan fingerprint density at radius 2 is 1.73 bits per heavy atom. The summed E-state index contributed by atoms with van der Waals surface area (Å²) in [6.07, 6.45) is 0. The SMILES string of the molecule is Oc1c(Br)cc(Br)c(Br)c1Cl. The van der Waals surface area contributed by atoms with Crippen molar-refractivity contribution in [2.24, 2.45) is 0 Å². The lowest BCUT2D eigenvalue weighted by molar-refractivity contribution is 0.471. The van der Waals surface area contributed by atoms with Crippen LogP contribution in [-0.4, -0.2) is 5.11 Å². The fourth-order valence-electron chi connectivity index (χ4n) is 0.557. The lowest BCUT2D eigenvalue weighted by Gasteiger charge is -2.03. The normalized spacial score (nSPS) is 10.2. The van der Waals surface area contributed by atoms with E-state index in [4.69, 9.17) is 11.6 Å². The fourth-order valence-corrected chi connectivity index (χ4v) is 2.45. The van der Waals surface area contributed by atoms with Gasteiger partial charge < -0.3 is 5.11 Å². The van der Waals surface area contributed by atoms with Crippen molar-refractivity contribution in [2.75, 3.05) is 0 Å². The van der Waals surface area contributed by atoms with E-state index in [1.165, 1.54) is 0 Å². The molecule has 0 atom stereocenters. The molecule has 0 aliphatic heterocycles. The maximum absolute atomic E-state index is 9.28. The van der Waals surface area contributed by atoms with Crippen LogP contribution in [0.25, 0.3) is 0 Å². The topological polar surface area (TPSA) is 20.2 Å². The van der Waals surface area contributed by atoms with Crippen molar-refractivity contribution in [2.45, 2.75) is 0 Å². The predicted octanol–water partition coefficient (Wildman–Crippen LogP) is 4.33. The minimum Gasteiger partial charge on any atom is -0.505 e. The molecule has 5 heteroatoms. The summed E-state index contributed by atoms with van der Waals surface area (Å²) in [5, 5.41) is 9.58. The van der Waals surface area contributed by atoms with Crippen LogP contribution < -0.4 is 0 Å². The number of aromatic hydroxyl groups is 1. The van der Waals surface area contributed by atoms with Gasteiger partial charge in [-0.05, 0) is 53.9 Å². The van der Waals surface area contributed by atoms with Gasteiger partial charge in [-0.15, -0.1) is 0 Å². The Morgan fingerprint density at radius 3 is 2.27 bits per heavy atom. The highest BCUT2D eigenvalue weighted by Crippen LogP contribution is 2.41. The number of hydrogen-bond donors (Lipinski definition) is 1. The molecule has 0 amide bonds. The van der Waals surface area contributed by atoms with E-state index in [2.05, 4.69) is 47.8 Å². The Bertz CT molecular complexity index is 274. The zero-order valence-corrected chi connectivity index (χ0v) is 10.6. The molecule has 0 fully saturated rings. The van der Waals surface area contributed by atoms with Crippen LogP contribution in [0.3, 0.4) is 0 Å². The summed E-state index contributed by atoms with van der Waals surface area (Å²) in [5.74, 6) is 0.0433. The van der Waals surface area contributed by atoms with E-state index in [1.54, 1.807) is 6.07 Å². The first-order chi connectivity index (χ1) is 5.04. The van der Waals surface area contributed by atoms with Crippen molar-refractivity contribution in [3.63, 3.8) is 0 Å². The predicted molar refractivity (Wildman–Crippen MR) is 56.2 cm³/mol. The van der Waals surface area contributed by atoms with Crippen LogP contribution in [0.5, 0.6) is 5.75 Å². The van der Waals surface area contributed by atoms with E-state index in [1.807, 2.05) is 0 Å². The summed E-state index contributed by atoms with van der Waals surface area (Å²) in [6.45, 7) is 0. The van der Waals surface area contributed by atoms with E-state index < -0.39 is 0 Å². The standard InChI is InChI=1S/C6H2Br3ClO/c7-2-1-3(8)6(11)5(10)4(2)9/h1,11H. The maximum atomic E-state index is 9.28. The molecule has 0 heterocycles. The van der Waals surface area contributed by atoms with E-state index in [0.29, 0.717) is 14.0 Å². The first kappa shape index (κ1) is 9.84. The highest BCUT2D eigenvalue weighted by molar-refractivity contribution is 9.13. The van der Waals surface area contributed by atoms with E-state index in [9.17, 15) is 5.11 Å². The van der Waals surface area contributed by atoms with Gasteiger partial charge in [0.15, 0.2) is 0 Å². The lowest BCUT2D eigenvalue weighted by atomic mass is 10.3. The Morgan fingerprint density at radius 1 is 1.18 bits per heavy atom. The van der Waals surface area contributed by atoms with Crippen molar-refractivity contribution in [1.29, 1.82) is 0 Å². The van der Waals surface area contributed by atoms with Gasteiger partial charge in [0.2, 0.25) is 0 Å². The molecule has 0 saturated heterocycles. The molecular formula is C6H2Br3ClO. The molecule has 1 N–H and O–H groups in total. The molecule has 1 nitrogen and oxygen atoms in total. The van der Waals surface area contributed by atoms with Crippen LogP contribution in [0.15, 0.2) is 19.5 Å². The Labute approximate surface area is 94.1 Å². The molecule has 1 rings (SSSR count). The van der Waals surface area contributed by atoms with Crippen LogP contribution in [0.2, 0.25) is 5.02 Å². The molecule has 1 aromatic carbocycles. The fraction of sp³-hybridized carbons (Fsp3) is 0. The van der Waals surface area contributed by atoms with Gasteiger partial charge in [-0.25, -0.2) is 0 Å². The van der Waals surface area contributed by atoms with E-state index in [-0.39, 0.29) is 5.75 Å². The Kier molecular flexibility index (Phi) is 3.26. The van der Waals surface area contributed by atoms with Gasteiger partial charge in [0.1, 0.15) is 5.75 Å². The van der Waals surface area contributed by atoms with Crippen LogP contribution in [0.1, 0.15) is 0 Å². The summed E-state index contributed by atoms with van der Waals surface area (Å²) < 4.78 is 2.02. The molecule has 1 aromatic rings. The quantitative estimate of drug-likeness (QED) is 0.536. The average molecular weight is 365 g/mol. The molecule has 0 spiro atoms. The van der Waals surface area contributed by atoms with Gasteiger partial charge in [0.05, 0.1) is 14.0 Å². The second-order valence-corrected chi connectivity index (χ2v) is 4.70. The largest absolute Gasteiger partial charge is 0.505 e. The second-order valence-electron chi connectivity index (χ2n) is 1.82. The zero-order valence-electron chi connectivity index (χ0n) is 5.04. The second kappa shape index (κ2) is 3.64. The van der Waals surface area contributed by atoms with Crippen LogP contribution >= 0.6 is 59.4 Å². The van der Waals surface area contributed by atoms with Gasteiger partial charge in [0, 0.05) is 4.47 Å². The summed E-state index contributed by atoms with van der Waals surface area (Å²) in [6, 6.07) is 1.71. The Balaban J connectivity index is 3.46. The summed E-state index contributed by atoms with van der Waals surface area (Å²) in [5.41, 5.74) is 0. The van der Waals surface area contributed by atoms with Crippen LogP contribution in [0, 0.1) is 0 Å². The van der Waals surface area contributed by atoms with Gasteiger partial charge in [0.25, 0.3) is 0 Å². The van der Waals surface area contributed by atoms with Crippen molar-refractivity contribution in [3.8, 4) is 5.75 Å². The minimum absolute atomic E-state index is 0.0433. The third-order valence-corrected chi connectivity index (χ3v) is 4.27. The highest BCUT2D eigenvalue weighted by Gasteiger charge is 2.10. The van der Waals surface area contributed by atoms with E-state index >= 15 is 0 Å². The smallest absolute Gasteiger partial charge is 0.149 e. The van der Waals surface area contributed by atoms with E-state index in [0.717, 1.165) is 4.47 Å². The summed E-state index contributed by atoms with van der Waals surface area (Å²) in [4.78, 5) is 0. The van der Waals surface area contributed by atoms with Gasteiger partial charge in [-0.2, -0.15) is 0 Å². The van der Waals surface area contributed by atoms with Crippen LogP contribution in [0.4, 0.5) is 0 Å². The molecule has 0 radical (unpaired) electrons. The van der Waals surface area contributed by atoms with Crippen molar-refractivity contribution in [1.82, 2.24) is 0 Å². The Hall–Kier alpha value is 0.750. The zero-order chi connectivity index (χ0) is 8.59. The third-order valence-electron chi connectivity index (χ3n) is 1.09. The number of hydrogen-bond acceptors (Lipinski definition) is 1. The van der Waals surface area contributed by atoms with Crippen molar-refractivity contribution < 1.29 is 5.11 Å². The number of rotatable bonds is 0. The van der Waals surface area contributed by atoms with Gasteiger partial charge in [-0.3, -0.25) is 0 Å². The molecule has 0 aliphatic carbocycles. The number of halogens is 4. The first-order valence-electron chi connectivity index (χ1n) is 2.56. The van der Waals surface area contributed by atoms with Crippen molar-refractivity contribution in [3.05, 3.63) is 24.5 Å². The average Bonchev–Trinajstić information content (AvgIpc) is 1.97. The minimum atomic E-state index is 0.0433. The third kappa shape index (κ3) is 1.91. The van der Waals surface area contributed by atoms with Gasteiger partial charge >= 0.3 is 0 Å². The molecule has 0 unspecified atom stereocenters. The summed E-state index contributed by atoms with van der Waals surface area (Å²) >= 11 is 15.3. The summed E-state index contributed by atoms with van der Waals surface area (Å²) in [7, 11) is 0. The molecule has 11 heavy (non-hydrogen) atoms. The molecule has 0 bridgehead atoms. The number of phenolic OH excluding ortho intramolecular Hbond substituents is 1. The monoisotopic (exact) mass is 362 g/mol. The van der Waals surface area contributed by atoms with Crippen LogP contribution in [-0.2, 0) is 0 Å². The number of benzene rings is 1. The molecule has 60 valence electrons. The number of phenols is 1. The molecule has 0 aromatic heterocycles. The van der Waals surface area contributed by atoms with Gasteiger partial charge in [-0.1, -0.05) is 11.6 Å². The molecule has 0 saturated carbocycles. The lowest BCUT2D eigenvalue weighted by Crippen LogP contribution is -1.76. The molecule has 0 aliphatic rings. The highest BCUT2D eigenvalue weighted by atomic mass is 79.9. The first-order valence-corrected chi connectivity index (χ1v) is 5.31. The van der Waals surface area contributed by atoms with Crippen molar-refractivity contribution >= 4 is 59.4 Å².